The van der Waals surface area contributed by atoms with Crippen LogP contribution in [0.2, 0.25) is 0 Å². The fourth-order valence-corrected chi connectivity index (χ4v) is 3.53. The number of ether oxygens (including phenoxy) is 1. The number of aromatic nitrogens is 3. The van der Waals surface area contributed by atoms with Gasteiger partial charge in [0.25, 0.3) is 0 Å². The Labute approximate surface area is 173 Å². The van der Waals surface area contributed by atoms with Crippen LogP contribution in [0.1, 0.15) is 57.1 Å². The van der Waals surface area contributed by atoms with Gasteiger partial charge in [0.2, 0.25) is 0 Å². The van der Waals surface area contributed by atoms with Gasteiger partial charge in [-0.05, 0) is 44.4 Å². The molecule has 2 N–H and O–H groups in total. The minimum absolute atomic E-state index is 0. The maximum atomic E-state index is 5.72. The molecular weight excluding hydrogens is 443 g/mol. The molecule has 1 aromatic rings. The van der Waals surface area contributed by atoms with Crippen molar-refractivity contribution in [2.24, 2.45) is 17.5 Å². The number of nitrogens with one attached hydrogen (secondary N) is 2. The van der Waals surface area contributed by atoms with Crippen LogP contribution in [0, 0.1) is 12.3 Å². The summed E-state index contributed by atoms with van der Waals surface area (Å²) in [6.07, 6.45) is 7.79. The first kappa shape index (κ1) is 21.4. The minimum Gasteiger partial charge on any atom is -0.376 e. The molecule has 1 aliphatic carbocycles. The molecule has 148 valence electrons. The second kappa shape index (κ2) is 9.87. The van der Waals surface area contributed by atoms with Gasteiger partial charge in [0.1, 0.15) is 12.4 Å². The molecule has 1 saturated heterocycles. The first-order valence-electron chi connectivity index (χ1n) is 9.60. The molecule has 0 amide bonds. The number of hydrogen-bond acceptors (Lipinski definition) is 4. The van der Waals surface area contributed by atoms with Crippen molar-refractivity contribution in [3.8, 4) is 0 Å². The Kier molecular flexibility index (Phi) is 8.12. The average molecular weight is 476 g/mol. The third-order valence-electron chi connectivity index (χ3n) is 5.88. The van der Waals surface area contributed by atoms with Gasteiger partial charge in [-0.1, -0.05) is 13.3 Å². The average Bonchev–Trinajstić information content (AvgIpc) is 3.20. The smallest absolute Gasteiger partial charge is 0.191 e. The Bertz CT molecular complexity index is 587. The number of aliphatic imine (C=N–C) groups is 1. The van der Waals surface area contributed by atoms with Crippen LogP contribution in [0.25, 0.3) is 0 Å². The molecule has 0 bridgehead atoms. The van der Waals surface area contributed by atoms with Crippen molar-refractivity contribution in [2.45, 2.75) is 65.0 Å². The van der Waals surface area contributed by atoms with E-state index >= 15 is 0 Å². The molecule has 0 spiro atoms. The van der Waals surface area contributed by atoms with Gasteiger partial charge in [-0.15, -0.1) is 34.2 Å². The van der Waals surface area contributed by atoms with Gasteiger partial charge < -0.3 is 19.9 Å². The van der Waals surface area contributed by atoms with Gasteiger partial charge >= 0.3 is 0 Å². The summed E-state index contributed by atoms with van der Waals surface area (Å²) in [5.74, 6) is 2.65. The van der Waals surface area contributed by atoms with Gasteiger partial charge in [-0.2, -0.15) is 0 Å². The summed E-state index contributed by atoms with van der Waals surface area (Å²) in [6.45, 7) is 7.44. The molecule has 8 heteroatoms. The molecule has 26 heavy (non-hydrogen) atoms. The van der Waals surface area contributed by atoms with Crippen LogP contribution in [-0.4, -0.2) is 46.5 Å². The lowest BCUT2D eigenvalue weighted by Crippen LogP contribution is -2.47. The Balaban J connectivity index is 0.00000243. The number of hydrogen-bond donors (Lipinski definition) is 2. The normalized spacial score (nSPS) is 21.8. The Morgan fingerprint density at radius 1 is 1.31 bits per heavy atom. The van der Waals surface area contributed by atoms with E-state index in [0.717, 1.165) is 50.1 Å². The third kappa shape index (κ3) is 5.31. The molecule has 7 nitrogen and oxygen atoms in total. The van der Waals surface area contributed by atoms with Gasteiger partial charge in [-0.25, -0.2) is 4.99 Å². The van der Waals surface area contributed by atoms with Crippen LogP contribution in [0.15, 0.2) is 4.99 Å². The number of rotatable bonds is 7. The highest BCUT2D eigenvalue weighted by molar-refractivity contribution is 14.0. The lowest BCUT2D eigenvalue weighted by molar-refractivity contribution is 0.113. The Morgan fingerprint density at radius 3 is 2.65 bits per heavy atom. The standard InChI is InChI=1S/C18H32N6O.HI/c1-4-18(8-6-9-18)13-21-17(19-11-15-7-5-10-25-15)20-12-16-23-22-14(2)24(16)3;/h15H,4-13H2,1-3H3,(H2,19,20,21);1H. The van der Waals surface area contributed by atoms with E-state index in [0.29, 0.717) is 18.1 Å². The topological polar surface area (TPSA) is 76.4 Å². The summed E-state index contributed by atoms with van der Waals surface area (Å²) in [5, 5.41) is 15.3. The zero-order chi connectivity index (χ0) is 17.7. The monoisotopic (exact) mass is 476 g/mol. The highest BCUT2D eigenvalue weighted by Crippen LogP contribution is 2.42. The fraction of sp³-hybridized carbons (Fsp3) is 0.833. The molecular formula is C18H33IN6O. The predicted octanol–water partition coefficient (Wildman–Crippen LogP) is 2.54. The highest BCUT2D eigenvalue weighted by atomic mass is 127. The molecule has 0 aromatic carbocycles. The van der Waals surface area contributed by atoms with Crippen molar-refractivity contribution in [3.05, 3.63) is 11.6 Å². The van der Waals surface area contributed by atoms with Crippen molar-refractivity contribution in [1.82, 2.24) is 25.4 Å². The van der Waals surface area contributed by atoms with E-state index in [-0.39, 0.29) is 24.0 Å². The summed E-state index contributed by atoms with van der Waals surface area (Å²) in [5.41, 5.74) is 0.452. The predicted molar refractivity (Wildman–Crippen MR) is 114 cm³/mol. The van der Waals surface area contributed by atoms with Crippen molar-refractivity contribution in [3.63, 3.8) is 0 Å². The van der Waals surface area contributed by atoms with Crippen molar-refractivity contribution in [1.29, 1.82) is 0 Å². The van der Waals surface area contributed by atoms with Crippen LogP contribution in [0.5, 0.6) is 0 Å². The maximum Gasteiger partial charge on any atom is 0.191 e. The third-order valence-corrected chi connectivity index (χ3v) is 5.88. The summed E-state index contributed by atoms with van der Waals surface area (Å²) in [4.78, 5) is 4.74. The maximum absolute atomic E-state index is 5.72. The van der Waals surface area contributed by atoms with E-state index in [1.165, 1.54) is 25.7 Å². The van der Waals surface area contributed by atoms with Crippen LogP contribution in [-0.2, 0) is 18.3 Å². The lowest BCUT2D eigenvalue weighted by atomic mass is 9.67. The van der Waals surface area contributed by atoms with Gasteiger partial charge in [0.05, 0.1) is 6.10 Å². The highest BCUT2D eigenvalue weighted by Gasteiger charge is 2.35. The zero-order valence-corrected chi connectivity index (χ0v) is 18.6. The van der Waals surface area contributed by atoms with Crippen LogP contribution < -0.4 is 10.6 Å². The second-order valence-corrected chi connectivity index (χ2v) is 7.46. The van der Waals surface area contributed by atoms with Gasteiger partial charge in [-0.3, -0.25) is 0 Å². The van der Waals surface area contributed by atoms with Crippen LogP contribution >= 0.6 is 24.0 Å². The number of guanidine groups is 1. The summed E-state index contributed by atoms with van der Waals surface area (Å²) < 4.78 is 7.70. The molecule has 1 unspecified atom stereocenters. The molecule has 1 aliphatic heterocycles. The summed E-state index contributed by atoms with van der Waals surface area (Å²) in [6, 6.07) is 0. The lowest BCUT2D eigenvalue weighted by Gasteiger charge is -2.41. The zero-order valence-electron chi connectivity index (χ0n) is 16.3. The van der Waals surface area contributed by atoms with E-state index in [4.69, 9.17) is 9.73 Å². The Morgan fingerprint density at radius 2 is 2.12 bits per heavy atom. The van der Waals surface area contributed by atoms with Crippen LogP contribution in [0.4, 0.5) is 0 Å². The number of halogens is 1. The first-order valence-corrected chi connectivity index (χ1v) is 9.60. The number of nitrogens with zero attached hydrogens (tertiary/aromatic N) is 4. The molecule has 1 saturated carbocycles. The minimum atomic E-state index is 0. The molecule has 3 rings (SSSR count). The van der Waals surface area contributed by atoms with Crippen molar-refractivity contribution < 1.29 is 4.74 Å². The number of aryl methyl sites for hydroxylation is 1. The molecule has 2 fully saturated rings. The van der Waals surface area contributed by atoms with Gasteiger partial charge in [0, 0.05) is 26.7 Å². The molecule has 1 atom stereocenters. The fourth-order valence-electron chi connectivity index (χ4n) is 3.53. The van der Waals surface area contributed by atoms with Gasteiger partial charge in [0.15, 0.2) is 11.8 Å². The van der Waals surface area contributed by atoms with E-state index < -0.39 is 0 Å². The van der Waals surface area contributed by atoms with Crippen LogP contribution in [0.3, 0.4) is 0 Å². The first-order chi connectivity index (χ1) is 12.1. The Hall–Kier alpha value is -0.900. The molecule has 1 aromatic heterocycles. The van der Waals surface area contributed by atoms with E-state index in [2.05, 4.69) is 27.8 Å². The second-order valence-electron chi connectivity index (χ2n) is 7.46. The van der Waals surface area contributed by atoms with E-state index in [9.17, 15) is 0 Å². The van der Waals surface area contributed by atoms with E-state index in [1.54, 1.807) is 0 Å². The van der Waals surface area contributed by atoms with Crippen molar-refractivity contribution in [2.75, 3.05) is 19.7 Å². The molecule has 2 aliphatic rings. The largest absolute Gasteiger partial charge is 0.376 e. The summed E-state index contributed by atoms with van der Waals surface area (Å²) >= 11 is 0. The molecule has 0 radical (unpaired) electrons. The van der Waals surface area contributed by atoms with Crippen molar-refractivity contribution >= 4 is 29.9 Å². The summed E-state index contributed by atoms with van der Waals surface area (Å²) in [7, 11) is 1.98. The SMILES string of the molecule is CCC1(CNC(=NCc2nnc(C)n2C)NCC2CCCO2)CCC1.I. The van der Waals surface area contributed by atoms with E-state index in [1.807, 2.05) is 18.5 Å². The quantitative estimate of drug-likeness (QED) is 0.360. The molecule has 2 heterocycles.